The number of anilines is 2. The third-order valence-corrected chi connectivity index (χ3v) is 2.85. The van der Waals surface area contributed by atoms with Crippen LogP contribution in [-0.4, -0.2) is 15.7 Å². The molecule has 0 atom stereocenters. The lowest BCUT2D eigenvalue weighted by molar-refractivity contribution is 0.384. The Morgan fingerprint density at radius 2 is 1.80 bits per heavy atom. The van der Waals surface area contributed by atoms with Gasteiger partial charge in [-0.2, -0.15) is 0 Å². The smallest absolute Gasteiger partial charge is 0.320 e. The number of nitrogens with one attached hydrogen (secondary N) is 2. The molecule has 0 spiro atoms. The highest BCUT2D eigenvalue weighted by Gasteiger charge is 2.12. The lowest BCUT2D eigenvalue weighted by atomic mass is 10.1. The van der Waals surface area contributed by atoms with Crippen molar-refractivity contribution in [3.8, 4) is 0 Å². The molecule has 1 heterocycles. The highest BCUT2D eigenvalue weighted by atomic mass is 16.4. The van der Waals surface area contributed by atoms with Crippen molar-refractivity contribution in [2.75, 3.05) is 5.32 Å². The summed E-state index contributed by atoms with van der Waals surface area (Å²) in [6.07, 6.45) is 1.03. The Labute approximate surface area is 119 Å². The van der Waals surface area contributed by atoms with Crippen molar-refractivity contribution in [2.45, 2.75) is 46.2 Å². The van der Waals surface area contributed by atoms with Gasteiger partial charge in [0.15, 0.2) is 0 Å². The molecule has 0 radical (unpaired) electrons. The number of rotatable bonds is 5. The molecule has 0 aliphatic heterocycles. The Morgan fingerprint density at radius 3 is 2.40 bits per heavy atom. The topological polar surface area (TPSA) is 63.0 Å². The van der Waals surface area contributed by atoms with Crippen molar-refractivity contribution in [1.82, 2.24) is 15.5 Å². The van der Waals surface area contributed by atoms with E-state index in [9.17, 15) is 0 Å². The van der Waals surface area contributed by atoms with Crippen LogP contribution in [0.1, 0.15) is 39.1 Å². The van der Waals surface area contributed by atoms with Gasteiger partial charge in [0.25, 0.3) is 0 Å². The van der Waals surface area contributed by atoms with Crippen LogP contribution in [-0.2, 0) is 13.0 Å². The Kier molecular flexibility index (Phi) is 4.39. The predicted octanol–water partition coefficient (Wildman–Crippen LogP) is 3.26. The number of benzene rings is 1. The van der Waals surface area contributed by atoms with E-state index in [1.165, 1.54) is 5.56 Å². The SMILES string of the molecule is CCc1ccc(Nc2nnc(CNC(C)(C)C)o2)cc1. The van der Waals surface area contributed by atoms with E-state index in [-0.39, 0.29) is 5.54 Å². The van der Waals surface area contributed by atoms with Crippen LogP contribution < -0.4 is 10.6 Å². The maximum atomic E-state index is 5.54. The molecular weight excluding hydrogens is 252 g/mol. The highest BCUT2D eigenvalue weighted by molar-refractivity contribution is 5.52. The number of aromatic nitrogens is 2. The summed E-state index contributed by atoms with van der Waals surface area (Å²) in [6, 6.07) is 8.60. The lowest BCUT2D eigenvalue weighted by Gasteiger charge is -2.18. The van der Waals surface area contributed by atoms with Crippen molar-refractivity contribution in [2.24, 2.45) is 0 Å². The molecule has 0 fully saturated rings. The molecule has 5 nitrogen and oxygen atoms in total. The summed E-state index contributed by atoms with van der Waals surface area (Å²) in [5, 5.41) is 14.4. The van der Waals surface area contributed by atoms with Crippen LogP contribution in [0.5, 0.6) is 0 Å². The van der Waals surface area contributed by atoms with E-state index in [2.05, 4.69) is 60.7 Å². The highest BCUT2D eigenvalue weighted by Crippen LogP contribution is 2.16. The van der Waals surface area contributed by atoms with Crippen molar-refractivity contribution >= 4 is 11.7 Å². The minimum Gasteiger partial charge on any atom is -0.406 e. The fraction of sp³-hybridized carbons (Fsp3) is 0.467. The van der Waals surface area contributed by atoms with Gasteiger partial charge in [0, 0.05) is 11.2 Å². The summed E-state index contributed by atoms with van der Waals surface area (Å²) in [5.74, 6) is 0.576. The molecule has 20 heavy (non-hydrogen) atoms. The van der Waals surface area contributed by atoms with Gasteiger partial charge in [0.05, 0.1) is 6.54 Å². The third kappa shape index (κ3) is 4.35. The number of hydrogen-bond acceptors (Lipinski definition) is 5. The summed E-state index contributed by atoms with van der Waals surface area (Å²) in [4.78, 5) is 0. The van der Waals surface area contributed by atoms with Crippen LogP contribution in [0, 0.1) is 0 Å². The van der Waals surface area contributed by atoms with Gasteiger partial charge in [0.1, 0.15) is 0 Å². The second-order valence-corrected chi connectivity index (χ2v) is 5.78. The number of nitrogens with zero attached hydrogens (tertiary/aromatic N) is 2. The fourth-order valence-electron chi connectivity index (χ4n) is 1.66. The molecule has 0 aliphatic carbocycles. The Bertz CT molecular complexity index is 540. The molecule has 0 aliphatic rings. The zero-order valence-electron chi connectivity index (χ0n) is 12.5. The molecule has 0 amide bonds. The van der Waals surface area contributed by atoms with Crippen LogP contribution in [0.25, 0.3) is 0 Å². The average Bonchev–Trinajstić information content (AvgIpc) is 2.84. The Morgan fingerprint density at radius 1 is 1.10 bits per heavy atom. The molecule has 2 N–H and O–H groups in total. The molecule has 1 aromatic heterocycles. The quantitative estimate of drug-likeness (QED) is 0.876. The van der Waals surface area contributed by atoms with Gasteiger partial charge >= 0.3 is 6.01 Å². The number of aryl methyl sites for hydroxylation is 1. The van der Waals surface area contributed by atoms with Crippen LogP contribution in [0.4, 0.5) is 11.7 Å². The summed E-state index contributed by atoms with van der Waals surface area (Å²) >= 11 is 0. The molecule has 0 saturated heterocycles. The molecule has 2 aromatic rings. The van der Waals surface area contributed by atoms with E-state index in [1.807, 2.05) is 12.1 Å². The summed E-state index contributed by atoms with van der Waals surface area (Å²) in [6.45, 7) is 8.98. The van der Waals surface area contributed by atoms with Gasteiger partial charge < -0.3 is 15.1 Å². The maximum absolute atomic E-state index is 5.54. The van der Waals surface area contributed by atoms with Crippen LogP contribution >= 0.6 is 0 Å². The molecule has 0 unspecified atom stereocenters. The van der Waals surface area contributed by atoms with E-state index < -0.39 is 0 Å². The zero-order chi connectivity index (χ0) is 14.6. The summed E-state index contributed by atoms with van der Waals surface area (Å²) in [7, 11) is 0. The minimum atomic E-state index is 0.0258. The Balaban J connectivity index is 1.94. The van der Waals surface area contributed by atoms with E-state index in [1.54, 1.807) is 0 Å². The monoisotopic (exact) mass is 274 g/mol. The van der Waals surface area contributed by atoms with Crippen molar-refractivity contribution in [1.29, 1.82) is 0 Å². The summed E-state index contributed by atoms with van der Waals surface area (Å²) in [5.41, 5.74) is 2.27. The van der Waals surface area contributed by atoms with E-state index in [0.29, 0.717) is 18.5 Å². The summed E-state index contributed by atoms with van der Waals surface area (Å²) < 4.78 is 5.54. The minimum absolute atomic E-state index is 0.0258. The van der Waals surface area contributed by atoms with Crippen molar-refractivity contribution < 1.29 is 4.42 Å². The van der Waals surface area contributed by atoms with Crippen LogP contribution in [0.2, 0.25) is 0 Å². The van der Waals surface area contributed by atoms with Gasteiger partial charge in [-0.3, -0.25) is 0 Å². The van der Waals surface area contributed by atoms with Gasteiger partial charge in [-0.15, -0.1) is 5.10 Å². The van der Waals surface area contributed by atoms with Gasteiger partial charge in [0.2, 0.25) is 5.89 Å². The lowest BCUT2D eigenvalue weighted by Crippen LogP contribution is -2.35. The van der Waals surface area contributed by atoms with Crippen LogP contribution in [0.15, 0.2) is 28.7 Å². The van der Waals surface area contributed by atoms with Crippen molar-refractivity contribution in [3.63, 3.8) is 0 Å². The number of hydrogen-bond donors (Lipinski definition) is 2. The molecule has 1 aromatic carbocycles. The second-order valence-electron chi connectivity index (χ2n) is 5.78. The molecular formula is C15H22N4O. The van der Waals surface area contributed by atoms with Gasteiger partial charge in [-0.05, 0) is 44.9 Å². The fourth-order valence-corrected chi connectivity index (χ4v) is 1.66. The Hall–Kier alpha value is -1.88. The first-order chi connectivity index (χ1) is 9.46. The molecule has 108 valence electrons. The van der Waals surface area contributed by atoms with E-state index >= 15 is 0 Å². The predicted molar refractivity (Wildman–Crippen MR) is 80.0 cm³/mol. The van der Waals surface area contributed by atoms with Crippen LogP contribution in [0.3, 0.4) is 0 Å². The first kappa shape index (κ1) is 14.5. The largest absolute Gasteiger partial charge is 0.406 e. The van der Waals surface area contributed by atoms with E-state index in [0.717, 1.165) is 12.1 Å². The van der Waals surface area contributed by atoms with Gasteiger partial charge in [-0.25, -0.2) is 0 Å². The van der Waals surface area contributed by atoms with E-state index in [4.69, 9.17) is 4.42 Å². The molecule has 5 heteroatoms. The van der Waals surface area contributed by atoms with Gasteiger partial charge in [-0.1, -0.05) is 24.2 Å². The first-order valence-electron chi connectivity index (χ1n) is 6.89. The first-order valence-corrected chi connectivity index (χ1v) is 6.89. The third-order valence-electron chi connectivity index (χ3n) is 2.85. The molecule has 0 bridgehead atoms. The van der Waals surface area contributed by atoms with Crippen molar-refractivity contribution in [3.05, 3.63) is 35.7 Å². The average molecular weight is 274 g/mol. The molecule has 0 saturated carbocycles. The standard InChI is InChI=1S/C15H22N4O/c1-5-11-6-8-12(9-7-11)17-14-19-18-13(20-14)10-16-15(2,3)4/h6-9,16H,5,10H2,1-4H3,(H,17,19). The zero-order valence-corrected chi connectivity index (χ0v) is 12.5. The maximum Gasteiger partial charge on any atom is 0.320 e. The molecule has 2 rings (SSSR count). The second kappa shape index (κ2) is 6.05. The normalized spacial score (nSPS) is 11.6.